The summed E-state index contributed by atoms with van der Waals surface area (Å²) in [5.41, 5.74) is 0.0176. The van der Waals surface area contributed by atoms with Crippen LogP contribution in [0.15, 0.2) is 6.20 Å². The maximum absolute atomic E-state index is 9.34. The molecule has 88 valence electrons. The number of thiazole rings is 1. The van der Waals surface area contributed by atoms with Gasteiger partial charge in [-0.1, -0.05) is 0 Å². The molecule has 0 radical (unpaired) electrons. The van der Waals surface area contributed by atoms with Crippen molar-refractivity contribution in [2.45, 2.75) is 50.1 Å². The lowest BCUT2D eigenvalue weighted by molar-refractivity contribution is 0.0875. The zero-order valence-electron chi connectivity index (χ0n) is 9.41. The highest BCUT2D eigenvalue weighted by molar-refractivity contribution is 7.11. The van der Waals surface area contributed by atoms with Gasteiger partial charge in [-0.3, -0.25) is 0 Å². The van der Waals surface area contributed by atoms with Crippen LogP contribution in [0.25, 0.3) is 0 Å². The Kier molecular flexibility index (Phi) is 2.73. The van der Waals surface area contributed by atoms with Crippen molar-refractivity contribution in [2.24, 2.45) is 0 Å². The summed E-state index contributed by atoms with van der Waals surface area (Å²) < 4.78 is 0. The van der Waals surface area contributed by atoms with Crippen molar-refractivity contribution in [3.63, 3.8) is 0 Å². The Bertz CT molecular complexity index is 363. The molecule has 0 spiro atoms. The third-order valence-corrected chi connectivity index (χ3v) is 4.91. The van der Waals surface area contributed by atoms with Gasteiger partial charge < -0.3 is 10.4 Å². The Morgan fingerprint density at radius 2 is 2.31 bits per heavy atom. The molecule has 0 unspecified atom stereocenters. The second-order valence-corrected chi connectivity index (χ2v) is 6.23. The molecule has 3 rings (SSSR count). The quantitative estimate of drug-likeness (QED) is 0.825. The Morgan fingerprint density at radius 3 is 2.88 bits per heavy atom. The van der Waals surface area contributed by atoms with E-state index in [2.05, 4.69) is 10.3 Å². The summed E-state index contributed by atoms with van der Waals surface area (Å²) >= 11 is 1.83. The summed E-state index contributed by atoms with van der Waals surface area (Å²) in [4.78, 5) is 5.77. The maximum Gasteiger partial charge on any atom is 0.0959 e. The van der Waals surface area contributed by atoms with E-state index in [0.717, 1.165) is 25.3 Å². The van der Waals surface area contributed by atoms with Gasteiger partial charge in [0, 0.05) is 29.1 Å². The van der Waals surface area contributed by atoms with Gasteiger partial charge in [-0.2, -0.15) is 0 Å². The molecule has 1 aromatic heterocycles. The summed E-state index contributed by atoms with van der Waals surface area (Å²) in [5, 5.41) is 14.1. The van der Waals surface area contributed by atoms with E-state index in [1.54, 1.807) is 0 Å². The summed E-state index contributed by atoms with van der Waals surface area (Å²) in [7, 11) is 0. The number of hydrogen-bond donors (Lipinski definition) is 2. The normalized spacial score (nSPS) is 23.1. The minimum absolute atomic E-state index is 0.0176. The first kappa shape index (κ1) is 10.7. The molecule has 2 saturated carbocycles. The summed E-state index contributed by atoms with van der Waals surface area (Å²) in [6.07, 6.45) is 8.09. The summed E-state index contributed by atoms with van der Waals surface area (Å²) in [5.74, 6) is 0.759. The Labute approximate surface area is 99.9 Å². The van der Waals surface area contributed by atoms with Crippen molar-refractivity contribution < 1.29 is 5.11 Å². The van der Waals surface area contributed by atoms with Gasteiger partial charge in [0.05, 0.1) is 11.6 Å². The van der Waals surface area contributed by atoms with Crippen LogP contribution < -0.4 is 5.32 Å². The molecule has 3 nitrogen and oxygen atoms in total. The summed E-state index contributed by atoms with van der Waals surface area (Å²) in [6, 6.07) is 0. The predicted octanol–water partition coefficient (Wildman–Crippen LogP) is 2.03. The average molecular weight is 238 g/mol. The van der Waals surface area contributed by atoms with E-state index in [4.69, 9.17) is 0 Å². The average Bonchev–Trinajstić information content (AvgIpc) is 2.98. The molecular formula is C12H18N2OS. The van der Waals surface area contributed by atoms with Gasteiger partial charge in [0.1, 0.15) is 0 Å². The number of aromatic nitrogens is 1. The number of aliphatic hydroxyl groups is 1. The molecule has 0 amide bonds. The van der Waals surface area contributed by atoms with Crippen molar-refractivity contribution >= 4 is 11.3 Å². The molecule has 1 aromatic rings. The fourth-order valence-corrected chi connectivity index (χ4v) is 3.22. The van der Waals surface area contributed by atoms with E-state index in [9.17, 15) is 5.11 Å². The predicted molar refractivity (Wildman–Crippen MR) is 64.6 cm³/mol. The van der Waals surface area contributed by atoms with Gasteiger partial charge in [-0.05, 0) is 32.1 Å². The molecule has 0 bridgehead atoms. The van der Waals surface area contributed by atoms with Crippen molar-refractivity contribution in [3.8, 4) is 0 Å². The van der Waals surface area contributed by atoms with Crippen LogP contribution in [0.1, 0.15) is 47.9 Å². The number of nitrogens with zero attached hydrogens (tertiary/aromatic N) is 1. The molecule has 2 fully saturated rings. The zero-order chi connectivity index (χ0) is 11.0. The fourth-order valence-electron chi connectivity index (χ4n) is 2.19. The van der Waals surface area contributed by atoms with Crippen molar-refractivity contribution in [1.82, 2.24) is 10.3 Å². The third kappa shape index (κ3) is 2.01. The topological polar surface area (TPSA) is 45.1 Å². The minimum atomic E-state index is 0.0176. The zero-order valence-corrected chi connectivity index (χ0v) is 10.2. The van der Waals surface area contributed by atoms with E-state index >= 15 is 0 Å². The lowest BCUT2D eigenvalue weighted by Crippen LogP contribution is -2.53. The highest BCUT2D eigenvalue weighted by Gasteiger charge is 2.35. The van der Waals surface area contributed by atoms with Crippen molar-refractivity contribution in [1.29, 1.82) is 0 Å². The highest BCUT2D eigenvalue weighted by atomic mass is 32.1. The first-order valence-electron chi connectivity index (χ1n) is 6.12. The second kappa shape index (κ2) is 4.09. The fraction of sp³-hybridized carbons (Fsp3) is 0.750. The van der Waals surface area contributed by atoms with E-state index in [1.165, 1.54) is 29.1 Å². The van der Waals surface area contributed by atoms with Gasteiger partial charge in [-0.25, -0.2) is 4.98 Å². The number of hydrogen-bond acceptors (Lipinski definition) is 4. The minimum Gasteiger partial charge on any atom is -0.394 e. The molecule has 2 N–H and O–H groups in total. The third-order valence-electron chi connectivity index (χ3n) is 3.75. The second-order valence-electron chi connectivity index (χ2n) is 5.08. The molecule has 0 aromatic carbocycles. The van der Waals surface area contributed by atoms with Crippen LogP contribution in [0.5, 0.6) is 0 Å². The van der Waals surface area contributed by atoms with Crippen LogP contribution in [-0.4, -0.2) is 22.2 Å². The van der Waals surface area contributed by atoms with Crippen LogP contribution in [0.3, 0.4) is 0 Å². The van der Waals surface area contributed by atoms with E-state index in [0.29, 0.717) is 0 Å². The van der Waals surface area contributed by atoms with Gasteiger partial charge in [0.15, 0.2) is 0 Å². The smallest absolute Gasteiger partial charge is 0.0959 e. The van der Waals surface area contributed by atoms with Crippen LogP contribution >= 0.6 is 11.3 Å². The standard InChI is InChI=1S/C12H18N2OS/c15-8-12(4-1-5-12)14-7-10-6-13-11(16-10)9-2-3-9/h6,9,14-15H,1-5,7-8H2. The molecule has 4 heteroatoms. The van der Waals surface area contributed by atoms with Crippen LogP contribution in [0, 0.1) is 0 Å². The Morgan fingerprint density at radius 1 is 1.50 bits per heavy atom. The molecule has 0 saturated heterocycles. The Balaban J connectivity index is 1.56. The van der Waals surface area contributed by atoms with Gasteiger partial charge >= 0.3 is 0 Å². The largest absolute Gasteiger partial charge is 0.394 e. The van der Waals surface area contributed by atoms with Crippen LogP contribution in [0.4, 0.5) is 0 Å². The SMILES string of the molecule is OCC1(NCc2cnc(C3CC3)s2)CCC1. The van der Waals surface area contributed by atoms with Gasteiger partial charge in [-0.15, -0.1) is 11.3 Å². The van der Waals surface area contributed by atoms with Crippen LogP contribution in [0.2, 0.25) is 0 Å². The van der Waals surface area contributed by atoms with Crippen molar-refractivity contribution in [2.75, 3.05) is 6.61 Å². The van der Waals surface area contributed by atoms with E-state index < -0.39 is 0 Å². The monoisotopic (exact) mass is 238 g/mol. The van der Waals surface area contributed by atoms with E-state index in [-0.39, 0.29) is 12.1 Å². The lowest BCUT2D eigenvalue weighted by Gasteiger charge is -2.41. The lowest BCUT2D eigenvalue weighted by atomic mass is 9.77. The summed E-state index contributed by atoms with van der Waals surface area (Å²) in [6.45, 7) is 1.13. The first-order valence-corrected chi connectivity index (χ1v) is 6.93. The number of nitrogens with one attached hydrogen (secondary N) is 1. The van der Waals surface area contributed by atoms with Crippen LogP contribution in [-0.2, 0) is 6.54 Å². The molecule has 2 aliphatic carbocycles. The molecule has 16 heavy (non-hydrogen) atoms. The van der Waals surface area contributed by atoms with Gasteiger partial charge in [0.25, 0.3) is 0 Å². The molecule has 1 heterocycles. The molecular weight excluding hydrogens is 220 g/mol. The first-order chi connectivity index (χ1) is 7.81. The molecule has 2 aliphatic rings. The molecule has 0 aliphatic heterocycles. The maximum atomic E-state index is 9.34. The Hall–Kier alpha value is -0.450. The molecule has 0 atom stereocenters. The van der Waals surface area contributed by atoms with Gasteiger partial charge in [0.2, 0.25) is 0 Å². The highest BCUT2D eigenvalue weighted by Crippen LogP contribution is 2.41. The number of aliphatic hydroxyl groups excluding tert-OH is 1. The van der Waals surface area contributed by atoms with E-state index in [1.807, 2.05) is 17.5 Å². The number of rotatable bonds is 5. The van der Waals surface area contributed by atoms with Crippen molar-refractivity contribution in [3.05, 3.63) is 16.1 Å².